The fourth-order valence-electron chi connectivity index (χ4n) is 16.4. The average molecular weight is 1530 g/mol. The molecule has 114 heavy (non-hydrogen) atoms. The van der Waals surface area contributed by atoms with E-state index in [0.29, 0.717) is 74.7 Å². The molecule has 0 saturated heterocycles. The standard InChI is InChI=1S/C18H20O3.C18H20O2.C17H18O2.C17H18O.2C16H18O2/c1-11-2-3-13-6-12(4-5-17(11)13)14-7-15(9-19)18(21)16(8-14)10-20;1-11-3-4-14-8-13(5-6-17(11)14)15-7-12(2)18(20)16(9-15)10-19;1-11-2-3-14-8-12(4-6-16(11)14)13-5-7-17(19)15(9-13)10-18;1-11-3-4-15-10-14(5-7-16(11)15)13-6-8-17(18)12(2)9-13;1-4-12-9-13(5-6-15(12)17)14-7-10(2)16(18)11(3)8-14;1-4-12-5-6-13(9-15(12)17)14-7-10(2)16(18)11(3)8-14/h4-8,11,19-21H,2-3,9-10H2,1H3;5-9,11,19-20H,3-4,10H2,1-2H3;4-9,11,18-19H,2-3,10H2,1H3;5-11,18H,3-4H2,1-2H3;2*5-9,17-18H,4H2,1-3H3/t4*11-;;/m0000../s1. The topological polar surface area (TPSA) is 243 Å². The normalized spacial score (nSPS) is 15.2. The molecule has 12 N–H and O–H groups in total. The molecule has 12 aromatic carbocycles. The Morgan fingerprint density at radius 1 is 0.228 bits per heavy atom. The third-order valence-electron chi connectivity index (χ3n) is 23.6. The molecule has 12 aromatic rings. The smallest absolute Gasteiger partial charge is 0.126 e. The molecule has 4 aliphatic rings. The number of phenolic OH excluding ortho intramolecular Hbond substituents is 5. The van der Waals surface area contributed by atoms with Gasteiger partial charge in [0.25, 0.3) is 0 Å². The average Bonchev–Trinajstić information content (AvgIpc) is 1.49. The molecule has 4 atom stereocenters. The summed E-state index contributed by atoms with van der Waals surface area (Å²) in [6.07, 6.45) is 11.1. The van der Waals surface area contributed by atoms with Crippen LogP contribution < -0.4 is 0 Å². The summed E-state index contributed by atoms with van der Waals surface area (Å²) < 4.78 is 0. The number of benzene rings is 12. The monoisotopic (exact) mass is 1530 g/mol. The molecule has 0 amide bonds. The molecule has 0 fully saturated rings. The lowest BCUT2D eigenvalue weighted by Gasteiger charge is -2.12. The quantitative estimate of drug-likeness (QED) is 0.0547. The summed E-state index contributed by atoms with van der Waals surface area (Å²) >= 11 is 0. The van der Waals surface area contributed by atoms with Crippen LogP contribution in [-0.4, -0.2) is 61.3 Å². The maximum Gasteiger partial charge on any atom is 0.126 e. The van der Waals surface area contributed by atoms with Gasteiger partial charge in [-0.25, -0.2) is 0 Å². The highest BCUT2D eigenvalue weighted by atomic mass is 16.3. The zero-order valence-corrected chi connectivity index (χ0v) is 68.1. The van der Waals surface area contributed by atoms with Crippen LogP contribution in [0.3, 0.4) is 0 Å². The van der Waals surface area contributed by atoms with Crippen LogP contribution in [-0.2, 0) is 65.0 Å². The predicted octanol–water partition coefficient (Wildman–Crippen LogP) is 22.9. The van der Waals surface area contributed by atoms with E-state index in [1.165, 1.54) is 87.7 Å². The van der Waals surface area contributed by atoms with E-state index in [4.69, 9.17) is 0 Å². The molecule has 0 unspecified atom stereocenters. The third-order valence-corrected chi connectivity index (χ3v) is 23.6. The van der Waals surface area contributed by atoms with Crippen molar-refractivity contribution in [1.82, 2.24) is 0 Å². The molecule has 4 aliphatic carbocycles. The van der Waals surface area contributed by atoms with Gasteiger partial charge in [-0.15, -0.1) is 0 Å². The van der Waals surface area contributed by atoms with Crippen LogP contribution >= 0.6 is 0 Å². The summed E-state index contributed by atoms with van der Waals surface area (Å²) in [4.78, 5) is 0. The van der Waals surface area contributed by atoms with Crippen molar-refractivity contribution in [3.05, 3.63) is 305 Å². The molecular formula is C102H112O12. The van der Waals surface area contributed by atoms with Crippen molar-refractivity contribution >= 4 is 0 Å². The molecule has 592 valence electrons. The highest BCUT2D eigenvalue weighted by Crippen LogP contribution is 2.43. The van der Waals surface area contributed by atoms with Crippen molar-refractivity contribution in [1.29, 1.82) is 0 Å². The summed E-state index contributed by atoms with van der Waals surface area (Å²) in [5.41, 5.74) is 33.7. The van der Waals surface area contributed by atoms with E-state index in [-0.39, 0.29) is 43.7 Å². The van der Waals surface area contributed by atoms with Crippen molar-refractivity contribution in [2.45, 2.75) is 197 Å². The zero-order valence-electron chi connectivity index (χ0n) is 68.1. The first kappa shape index (κ1) is 83.8. The van der Waals surface area contributed by atoms with Crippen molar-refractivity contribution < 1.29 is 61.3 Å². The first-order valence-electron chi connectivity index (χ1n) is 40.1. The maximum atomic E-state index is 9.93. The first-order chi connectivity index (χ1) is 54.6. The Balaban J connectivity index is 0.000000135. The number of phenols is 8. The minimum atomic E-state index is -0.241. The Labute approximate surface area is 673 Å². The molecule has 16 rings (SSSR count). The minimum Gasteiger partial charge on any atom is -0.508 e. The summed E-state index contributed by atoms with van der Waals surface area (Å²) in [5.74, 6) is 4.73. The first-order valence-corrected chi connectivity index (χ1v) is 40.1. The van der Waals surface area contributed by atoms with E-state index in [1.807, 2.05) is 134 Å². The molecule has 0 saturated carbocycles. The molecular weight excluding hydrogens is 1420 g/mol. The molecule has 0 radical (unpaired) electrons. The Morgan fingerprint density at radius 2 is 0.482 bits per heavy atom. The van der Waals surface area contributed by atoms with Gasteiger partial charge in [0.15, 0.2) is 0 Å². The summed E-state index contributed by atoms with van der Waals surface area (Å²) in [6.45, 7) is 23.7. The Kier molecular flexibility index (Phi) is 27.4. The lowest BCUT2D eigenvalue weighted by atomic mass is 9.95. The number of aliphatic hydroxyl groups excluding tert-OH is 4. The Morgan fingerprint density at radius 3 is 0.842 bits per heavy atom. The molecule has 0 heterocycles. The van der Waals surface area contributed by atoms with Crippen molar-refractivity contribution in [2.75, 3.05) is 0 Å². The largest absolute Gasteiger partial charge is 0.508 e. The van der Waals surface area contributed by atoms with Gasteiger partial charge in [0.2, 0.25) is 0 Å². The van der Waals surface area contributed by atoms with Crippen LogP contribution in [0.1, 0.15) is 202 Å². The molecule has 12 nitrogen and oxygen atoms in total. The van der Waals surface area contributed by atoms with E-state index in [0.717, 1.165) is 132 Å². The number of rotatable bonds is 12. The highest BCUT2D eigenvalue weighted by molar-refractivity contribution is 5.74. The second kappa shape index (κ2) is 37.2. The van der Waals surface area contributed by atoms with Crippen LogP contribution in [0.4, 0.5) is 0 Å². The van der Waals surface area contributed by atoms with Crippen LogP contribution in [0.15, 0.2) is 194 Å². The number of aliphatic hydroxyl groups is 4. The van der Waals surface area contributed by atoms with Gasteiger partial charge in [-0.1, -0.05) is 145 Å². The van der Waals surface area contributed by atoms with Gasteiger partial charge >= 0.3 is 0 Å². The zero-order chi connectivity index (χ0) is 81.9. The second-order valence-electron chi connectivity index (χ2n) is 31.6. The van der Waals surface area contributed by atoms with E-state index in [9.17, 15) is 61.3 Å². The summed E-state index contributed by atoms with van der Waals surface area (Å²) in [5, 5.41) is 115. The van der Waals surface area contributed by atoms with Gasteiger partial charge in [-0.2, -0.15) is 0 Å². The Bertz CT molecular complexity index is 5380. The van der Waals surface area contributed by atoms with Crippen LogP contribution in [0.5, 0.6) is 46.0 Å². The van der Waals surface area contributed by atoms with Gasteiger partial charge in [0, 0.05) is 22.3 Å². The maximum absolute atomic E-state index is 9.93. The van der Waals surface area contributed by atoms with Crippen LogP contribution in [0.2, 0.25) is 0 Å². The lowest BCUT2D eigenvalue weighted by Crippen LogP contribution is -1.94. The number of aryl methyl sites for hydroxylation is 12. The van der Waals surface area contributed by atoms with Crippen molar-refractivity contribution in [2.24, 2.45) is 0 Å². The SMILES string of the molecule is CCc1cc(-c2cc(C)c(O)c(C)c2)ccc1O.CCc1ccc(-c2cc(C)c(O)c(C)c2)cc1O.C[C@H]1CCc2cc(-c3cc(CO)c(O)c(CO)c3)ccc21.C[C@H]1CCc2cc(-c3ccc(O)c(CO)c3)ccc21.Cc1cc(-c2ccc3c(c2)CC[C@@H]3C)cc(CO)c1O.Cc1cc(-c2ccc3c(c2)CC[C@@H]3C)ccc1O. The van der Waals surface area contributed by atoms with E-state index in [1.54, 1.807) is 36.4 Å². The third kappa shape index (κ3) is 19.2. The number of hydrogen-bond acceptors (Lipinski definition) is 12. The van der Waals surface area contributed by atoms with Crippen molar-refractivity contribution in [3.8, 4) is 113 Å². The van der Waals surface area contributed by atoms with Gasteiger partial charge < -0.3 is 61.3 Å². The van der Waals surface area contributed by atoms with Crippen LogP contribution in [0, 0.1) is 41.5 Å². The minimum absolute atomic E-state index is 0.0152. The van der Waals surface area contributed by atoms with E-state index >= 15 is 0 Å². The molecule has 12 heteroatoms. The molecule has 0 aromatic heterocycles. The summed E-state index contributed by atoms with van der Waals surface area (Å²) in [6, 6.07) is 64.3. The number of fused-ring (bicyclic) bond motifs is 4. The van der Waals surface area contributed by atoms with Gasteiger partial charge in [-0.3, -0.25) is 0 Å². The molecule has 0 aliphatic heterocycles. The van der Waals surface area contributed by atoms with Crippen molar-refractivity contribution in [3.63, 3.8) is 0 Å². The van der Waals surface area contributed by atoms with Crippen LogP contribution in [0.25, 0.3) is 66.8 Å². The fourth-order valence-corrected chi connectivity index (χ4v) is 16.4. The van der Waals surface area contributed by atoms with E-state index < -0.39 is 0 Å². The second-order valence-corrected chi connectivity index (χ2v) is 31.6. The van der Waals surface area contributed by atoms with Gasteiger partial charge in [-0.05, 0) is 376 Å². The highest BCUT2D eigenvalue weighted by Gasteiger charge is 2.24. The Hall–Kier alpha value is -11.1. The summed E-state index contributed by atoms with van der Waals surface area (Å²) in [7, 11) is 0. The fraction of sp³-hybridized carbons (Fsp3) is 0.294. The number of aromatic hydroxyl groups is 8. The predicted molar refractivity (Wildman–Crippen MR) is 462 cm³/mol. The number of hydrogen-bond donors (Lipinski definition) is 12. The van der Waals surface area contributed by atoms with Gasteiger partial charge in [0.05, 0.1) is 26.4 Å². The van der Waals surface area contributed by atoms with Gasteiger partial charge in [0.1, 0.15) is 46.0 Å². The lowest BCUT2D eigenvalue weighted by molar-refractivity contribution is 0.264. The molecule has 0 spiro atoms. The molecule has 0 bridgehead atoms. The van der Waals surface area contributed by atoms with E-state index in [2.05, 4.69) is 107 Å².